The first-order valence-corrected chi connectivity index (χ1v) is 6.33. The van der Waals surface area contributed by atoms with Crippen LogP contribution in [0.5, 0.6) is 0 Å². The van der Waals surface area contributed by atoms with Crippen molar-refractivity contribution in [3.63, 3.8) is 0 Å². The molecule has 0 saturated carbocycles. The highest BCUT2D eigenvalue weighted by Crippen LogP contribution is 2.30. The number of ether oxygens (including phenoxy) is 1. The van der Waals surface area contributed by atoms with Crippen molar-refractivity contribution in [1.29, 1.82) is 0 Å². The number of anilines is 2. The van der Waals surface area contributed by atoms with E-state index in [1.54, 1.807) is 18.0 Å². The van der Waals surface area contributed by atoms with Gasteiger partial charge in [-0.3, -0.25) is 4.79 Å². The molecule has 1 aliphatic rings. The monoisotopic (exact) mass is 281 g/mol. The number of aromatic nitrogens is 1. The number of pyridine rings is 1. The number of rotatable bonds is 3. The van der Waals surface area contributed by atoms with Gasteiger partial charge in [0.2, 0.25) is 5.91 Å². The Labute approximate surface area is 116 Å². The highest BCUT2D eigenvalue weighted by Gasteiger charge is 2.30. The van der Waals surface area contributed by atoms with E-state index in [9.17, 15) is 9.59 Å². The van der Waals surface area contributed by atoms with Crippen LogP contribution in [0.3, 0.4) is 0 Å². The zero-order valence-corrected chi connectivity index (χ0v) is 11.6. The number of hydrogen-bond acceptors (Lipinski definition) is 6. The highest BCUT2D eigenvalue weighted by atomic mass is 32.1. The molecule has 1 N–H and O–H groups in total. The molecule has 6 nitrogen and oxygen atoms in total. The number of carbonyl (C=O) groups excluding carboxylic acids is 2. The quantitative estimate of drug-likeness (QED) is 0.637. The Morgan fingerprint density at radius 1 is 1.63 bits per heavy atom. The summed E-state index contributed by atoms with van der Waals surface area (Å²) < 4.78 is 4.66. The zero-order valence-electron chi connectivity index (χ0n) is 10.7. The number of nitrogens with one attached hydrogen (secondary N) is 1. The molecule has 7 heteroatoms. The van der Waals surface area contributed by atoms with Crippen molar-refractivity contribution in [2.75, 3.05) is 30.9 Å². The van der Waals surface area contributed by atoms with Crippen LogP contribution < -0.4 is 10.2 Å². The Hall–Kier alpha value is -1.76. The number of amides is 1. The third kappa shape index (κ3) is 2.65. The van der Waals surface area contributed by atoms with E-state index in [-0.39, 0.29) is 11.2 Å². The Bertz CT molecular complexity index is 521. The lowest BCUT2D eigenvalue weighted by molar-refractivity contribution is -0.117. The minimum absolute atomic E-state index is 0.000936. The number of hydrogen-bond donors (Lipinski definition) is 2. The van der Waals surface area contributed by atoms with E-state index < -0.39 is 5.97 Å². The van der Waals surface area contributed by atoms with Crippen LogP contribution in [0.4, 0.5) is 11.5 Å². The summed E-state index contributed by atoms with van der Waals surface area (Å²) in [5.41, 5.74) is 0.888. The Morgan fingerprint density at radius 2 is 2.37 bits per heavy atom. The second kappa shape index (κ2) is 5.48. The normalized spacial score (nSPS) is 18.6. The van der Waals surface area contributed by atoms with Gasteiger partial charge in [0.25, 0.3) is 0 Å². The average Bonchev–Trinajstić information content (AvgIpc) is 2.76. The molecule has 1 atom stereocenters. The molecule has 1 fully saturated rings. The number of thiol groups is 1. The molecule has 1 aromatic rings. The summed E-state index contributed by atoms with van der Waals surface area (Å²) in [5.74, 6) is 0.0363. The summed E-state index contributed by atoms with van der Waals surface area (Å²) in [6.45, 7) is 0.503. The van der Waals surface area contributed by atoms with E-state index in [2.05, 4.69) is 27.7 Å². The SMILES string of the molecule is CNc1ncc(C(=O)OC)cc1N1CC(S)CC1=O. The molecule has 0 spiro atoms. The summed E-state index contributed by atoms with van der Waals surface area (Å²) in [6.07, 6.45) is 1.80. The second-order valence-corrected chi connectivity index (χ2v) is 4.93. The van der Waals surface area contributed by atoms with Gasteiger partial charge in [0, 0.05) is 31.5 Å². The first-order valence-electron chi connectivity index (χ1n) is 5.81. The largest absolute Gasteiger partial charge is 0.465 e. The van der Waals surface area contributed by atoms with E-state index in [4.69, 9.17) is 0 Å². The Balaban J connectivity index is 2.42. The van der Waals surface area contributed by atoms with Crippen molar-refractivity contribution in [2.45, 2.75) is 11.7 Å². The number of esters is 1. The van der Waals surface area contributed by atoms with Crippen molar-refractivity contribution in [3.05, 3.63) is 17.8 Å². The number of methoxy groups -OCH3 is 1. The maximum absolute atomic E-state index is 11.9. The van der Waals surface area contributed by atoms with Gasteiger partial charge in [0.05, 0.1) is 18.4 Å². The van der Waals surface area contributed by atoms with Crippen LogP contribution in [0, 0.1) is 0 Å². The first-order chi connectivity index (χ1) is 9.06. The van der Waals surface area contributed by atoms with Crippen molar-refractivity contribution >= 4 is 36.0 Å². The van der Waals surface area contributed by atoms with Gasteiger partial charge in [-0.15, -0.1) is 0 Å². The fraction of sp³-hybridized carbons (Fsp3) is 0.417. The fourth-order valence-corrected chi connectivity index (χ4v) is 2.32. The van der Waals surface area contributed by atoms with Gasteiger partial charge in [-0.25, -0.2) is 9.78 Å². The third-order valence-electron chi connectivity index (χ3n) is 2.92. The lowest BCUT2D eigenvalue weighted by Gasteiger charge is -2.19. The van der Waals surface area contributed by atoms with Gasteiger partial charge in [0.1, 0.15) is 5.82 Å². The molecule has 19 heavy (non-hydrogen) atoms. The molecule has 1 amide bonds. The molecule has 2 rings (SSSR count). The van der Waals surface area contributed by atoms with Gasteiger partial charge < -0.3 is 15.0 Å². The van der Waals surface area contributed by atoms with Crippen LogP contribution in [0.25, 0.3) is 0 Å². The standard InChI is InChI=1S/C12H15N3O3S/c1-13-11-9(15-6-8(19)4-10(15)16)3-7(5-14-11)12(17)18-2/h3,5,8,19H,4,6H2,1-2H3,(H,13,14). The smallest absolute Gasteiger partial charge is 0.339 e. The minimum atomic E-state index is -0.481. The maximum atomic E-state index is 11.9. The topological polar surface area (TPSA) is 71.5 Å². The summed E-state index contributed by atoms with van der Waals surface area (Å²) >= 11 is 4.31. The summed E-state index contributed by atoms with van der Waals surface area (Å²) in [6, 6.07) is 1.61. The van der Waals surface area contributed by atoms with Gasteiger partial charge >= 0.3 is 5.97 Å². The molecule has 0 aliphatic carbocycles. The lowest BCUT2D eigenvalue weighted by Crippen LogP contribution is -2.26. The predicted octanol–water partition coefficient (Wildman–Crippen LogP) is 0.945. The molecule has 1 saturated heterocycles. The Morgan fingerprint density at radius 3 is 2.89 bits per heavy atom. The van der Waals surface area contributed by atoms with Gasteiger partial charge in [0.15, 0.2) is 0 Å². The Kier molecular flexibility index (Phi) is 3.94. The van der Waals surface area contributed by atoms with Crippen molar-refractivity contribution in [3.8, 4) is 0 Å². The molecule has 1 unspecified atom stereocenters. The third-order valence-corrected chi connectivity index (χ3v) is 3.27. The van der Waals surface area contributed by atoms with E-state index in [0.717, 1.165) is 0 Å². The number of carbonyl (C=O) groups is 2. The van der Waals surface area contributed by atoms with Crippen LogP contribution in [0.2, 0.25) is 0 Å². The minimum Gasteiger partial charge on any atom is -0.465 e. The van der Waals surface area contributed by atoms with E-state index in [0.29, 0.717) is 30.0 Å². The van der Waals surface area contributed by atoms with Crippen LogP contribution in [-0.4, -0.2) is 42.8 Å². The second-order valence-electron chi connectivity index (χ2n) is 4.20. The van der Waals surface area contributed by atoms with Gasteiger partial charge in [-0.1, -0.05) is 0 Å². The van der Waals surface area contributed by atoms with Crippen LogP contribution in [-0.2, 0) is 9.53 Å². The molecular formula is C12H15N3O3S. The molecule has 0 radical (unpaired) electrons. The summed E-state index contributed by atoms with van der Waals surface area (Å²) in [5, 5.41) is 2.91. The van der Waals surface area contributed by atoms with E-state index in [1.807, 2.05) is 0 Å². The van der Waals surface area contributed by atoms with E-state index in [1.165, 1.54) is 13.3 Å². The van der Waals surface area contributed by atoms with Crippen molar-refractivity contribution in [2.24, 2.45) is 0 Å². The molecule has 1 aromatic heterocycles. The summed E-state index contributed by atoms with van der Waals surface area (Å²) in [7, 11) is 3.02. The molecule has 1 aliphatic heterocycles. The highest BCUT2D eigenvalue weighted by molar-refractivity contribution is 7.81. The molecule has 0 aromatic carbocycles. The lowest BCUT2D eigenvalue weighted by atomic mass is 10.2. The van der Waals surface area contributed by atoms with E-state index >= 15 is 0 Å². The van der Waals surface area contributed by atoms with Crippen molar-refractivity contribution < 1.29 is 14.3 Å². The maximum Gasteiger partial charge on any atom is 0.339 e. The molecule has 2 heterocycles. The molecular weight excluding hydrogens is 266 g/mol. The van der Waals surface area contributed by atoms with Gasteiger partial charge in [-0.2, -0.15) is 12.6 Å². The summed E-state index contributed by atoms with van der Waals surface area (Å²) in [4.78, 5) is 29.2. The number of nitrogens with zero attached hydrogens (tertiary/aromatic N) is 2. The first kappa shape index (κ1) is 13.7. The van der Waals surface area contributed by atoms with Crippen LogP contribution in [0.1, 0.15) is 16.8 Å². The fourth-order valence-electron chi connectivity index (χ4n) is 2.00. The van der Waals surface area contributed by atoms with Gasteiger partial charge in [-0.05, 0) is 6.07 Å². The van der Waals surface area contributed by atoms with Crippen LogP contribution in [0.15, 0.2) is 12.3 Å². The van der Waals surface area contributed by atoms with Crippen LogP contribution >= 0.6 is 12.6 Å². The molecule has 0 bridgehead atoms. The average molecular weight is 281 g/mol. The van der Waals surface area contributed by atoms with Crippen molar-refractivity contribution in [1.82, 2.24) is 4.98 Å². The predicted molar refractivity (Wildman–Crippen MR) is 74.9 cm³/mol. The molecule has 102 valence electrons. The zero-order chi connectivity index (χ0) is 14.0.